The highest BCUT2D eigenvalue weighted by atomic mass is 19.4. The van der Waals surface area contributed by atoms with Crippen molar-refractivity contribution in [3.05, 3.63) is 64.0 Å². The maximum Gasteiger partial charge on any atom is 0.450 e. The van der Waals surface area contributed by atoms with E-state index in [-0.39, 0.29) is 16.5 Å². The van der Waals surface area contributed by atoms with E-state index in [1.165, 1.54) is 18.2 Å². The lowest BCUT2D eigenvalue weighted by Crippen LogP contribution is -2.16. The van der Waals surface area contributed by atoms with Crippen molar-refractivity contribution in [1.29, 1.82) is 0 Å². The predicted octanol–water partition coefficient (Wildman–Crippen LogP) is 5.44. The highest BCUT2D eigenvalue weighted by Gasteiger charge is 2.39. The summed E-state index contributed by atoms with van der Waals surface area (Å²) in [6, 6.07) is 10.7. The summed E-state index contributed by atoms with van der Waals surface area (Å²) in [6.45, 7) is 4.02. The van der Waals surface area contributed by atoms with Gasteiger partial charge in [0, 0.05) is 6.07 Å². The van der Waals surface area contributed by atoms with Gasteiger partial charge in [0.05, 0.1) is 17.6 Å². The summed E-state index contributed by atoms with van der Waals surface area (Å²) in [5, 5.41) is 0.108. The maximum absolute atomic E-state index is 13.6. The lowest BCUT2D eigenvalue weighted by Gasteiger charge is -2.15. The van der Waals surface area contributed by atoms with Crippen LogP contribution in [0.25, 0.3) is 22.1 Å². The van der Waals surface area contributed by atoms with Crippen LogP contribution in [0.5, 0.6) is 5.75 Å². The van der Waals surface area contributed by atoms with Gasteiger partial charge in [-0.3, -0.25) is 4.79 Å². The van der Waals surface area contributed by atoms with Gasteiger partial charge in [-0.1, -0.05) is 37.3 Å². The Labute approximate surface area is 148 Å². The topological polar surface area (TPSA) is 39.4 Å². The molecule has 136 valence electrons. The Morgan fingerprint density at radius 3 is 2.35 bits per heavy atom. The molecule has 0 atom stereocenters. The number of hydrogen-bond acceptors (Lipinski definition) is 3. The van der Waals surface area contributed by atoms with Gasteiger partial charge < -0.3 is 9.15 Å². The molecule has 0 aliphatic rings. The molecule has 26 heavy (non-hydrogen) atoms. The van der Waals surface area contributed by atoms with Gasteiger partial charge in [-0.2, -0.15) is 13.2 Å². The van der Waals surface area contributed by atoms with E-state index in [0.29, 0.717) is 18.8 Å². The zero-order valence-electron chi connectivity index (χ0n) is 14.3. The number of fused-ring (bicyclic) bond motifs is 1. The molecule has 3 rings (SSSR count). The van der Waals surface area contributed by atoms with Crippen LogP contribution in [0.2, 0.25) is 0 Å². The summed E-state index contributed by atoms with van der Waals surface area (Å²) >= 11 is 0. The van der Waals surface area contributed by atoms with Gasteiger partial charge in [-0.15, -0.1) is 0 Å². The van der Waals surface area contributed by atoms with Gasteiger partial charge in [0.2, 0.25) is 11.2 Å². The Balaban J connectivity index is 2.41. The molecule has 0 spiro atoms. The number of ether oxygens (including phenoxy) is 1. The van der Waals surface area contributed by atoms with Crippen LogP contribution >= 0.6 is 0 Å². The van der Waals surface area contributed by atoms with E-state index < -0.39 is 22.9 Å². The maximum atomic E-state index is 13.6. The number of halogens is 3. The van der Waals surface area contributed by atoms with Gasteiger partial charge in [0.25, 0.3) is 0 Å². The van der Waals surface area contributed by atoms with Gasteiger partial charge in [-0.25, -0.2) is 0 Å². The van der Waals surface area contributed by atoms with Crippen LogP contribution in [0.3, 0.4) is 0 Å². The minimum atomic E-state index is -4.80. The Hall–Kier alpha value is -2.76. The molecule has 0 bridgehead atoms. The van der Waals surface area contributed by atoms with E-state index >= 15 is 0 Å². The van der Waals surface area contributed by atoms with Crippen LogP contribution in [0.4, 0.5) is 13.2 Å². The summed E-state index contributed by atoms with van der Waals surface area (Å²) < 4.78 is 51.4. The molecule has 0 N–H and O–H groups in total. The second kappa shape index (κ2) is 6.86. The number of alkyl halides is 3. The molecule has 2 aromatic carbocycles. The summed E-state index contributed by atoms with van der Waals surface area (Å²) in [4.78, 5) is 12.9. The van der Waals surface area contributed by atoms with Gasteiger partial charge in [0.15, 0.2) is 0 Å². The molecule has 0 radical (unpaired) electrons. The van der Waals surface area contributed by atoms with Crippen molar-refractivity contribution in [3.8, 4) is 16.9 Å². The molecule has 0 unspecified atom stereocenters. The average Bonchev–Trinajstić information content (AvgIpc) is 2.61. The van der Waals surface area contributed by atoms with Crippen molar-refractivity contribution in [2.24, 2.45) is 0 Å². The Morgan fingerprint density at radius 1 is 1.08 bits per heavy atom. The number of rotatable bonds is 4. The van der Waals surface area contributed by atoms with Crippen molar-refractivity contribution < 1.29 is 22.3 Å². The normalized spacial score (nSPS) is 11.7. The van der Waals surface area contributed by atoms with Crippen LogP contribution in [-0.4, -0.2) is 6.61 Å². The number of aryl methyl sites for hydroxylation is 1. The molecule has 1 heterocycles. The fraction of sp³-hybridized carbons (Fsp3) is 0.250. The van der Waals surface area contributed by atoms with Crippen molar-refractivity contribution in [3.63, 3.8) is 0 Å². The van der Waals surface area contributed by atoms with E-state index in [4.69, 9.17) is 9.15 Å². The van der Waals surface area contributed by atoms with Crippen molar-refractivity contribution in [2.75, 3.05) is 6.61 Å². The first kappa shape index (κ1) is 18.0. The zero-order valence-corrected chi connectivity index (χ0v) is 14.3. The van der Waals surface area contributed by atoms with E-state index in [2.05, 4.69) is 0 Å². The number of benzene rings is 2. The number of hydrogen-bond donors (Lipinski definition) is 0. The first-order valence-corrected chi connectivity index (χ1v) is 8.26. The summed E-state index contributed by atoms with van der Waals surface area (Å²) in [7, 11) is 0. The highest BCUT2D eigenvalue weighted by Crippen LogP contribution is 2.38. The zero-order chi connectivity index (χ0) is 18.9. The molecule has 0 aliphatic carbocycles. The van der Waals surface area contributed by atoms with Crippen LogP contribution in [0.1, 0.15) is 25.2 Å². The molecule has 0 saturated carbocycles. The van der Waals surface area contributed by atoms with Crippen molar-refractivity contribution >= 4 is 11.0 Å². The van der Waals surface area contributed by atoms with E-state index in [9.17, 15) is 18.0 Å². The van der Waals surface area contributed by atoms with Crippen LogP contribution in [-0.2, 0) is 12.6 Å². The molecule has 0 saturated heterocycles. The molecule has 0 fully saturated rings. The van der Waals surface area contributed by atoms with Crippen LogP contribution in [0, 0.1) is 0 Å². The third-order valence-electron chi connectivity index (χ3n) is 4.07. The van der Waals surface area contributed by atoms with Crippen LogP contribution in [0.15, 0.2) is 51.7 Å². The minimum absolute atomic E-state index is 0.108. The molecule has 1 aromatic heterocycles. The van der Waals surface area contributed by atoms with E-state index in [1.807, 2.05) is 6.92 Å². The summed E-state index contributed by atoms with van der Waals surface area (Å²) in [5.74, 6) is -0.876. The molecule has 0 amide bonds. The fourth-order valence-corrected chi connectivity index (χ4v) is 2.90. The summed E-state index contributed by atoms with van der Waals surface area (Å²) in [6.07, 6.45) is -4.22. The molecule has 0 aliphatic heterocycles. The lowest BCUT2D eigenvalue weighted by molar-refractivity contribution is -0.152. The Kier molecular flexibility index (Phi) is 4.76. The Morgan fingerprint density at radius 2 is 1.77 bits per heavy atom. The monoisotopic (exact) mass is 362 g/mol. The van der Waals surface area contributed by atoms with E-state index in [1.54, 1.807) is 31.2 Å². The average molecular weight is 362 g/mol. The third-order valence-corrected chi connectivity index (χ3v) is 4.07. The van der Waals surface area contributed by atoms with Crippen molar-refractivity contribution in [1.82, 2.24) is 0 Å². The summed E-state index contributed by atoms with van der Waals surface area (Å²) in [5.41, 5.74) is -0.408. The molecular weight excluding hydrogens is 345 g/mol. The second-order valence-corrected chi connectivity index (χ2v) is 5.74. The smallest absolute Gasteiger partial charge is 0.450 e. The first-order chi connectivity index (χ1) is 12.4. The molecule has 3 nitrogen and oxygen atoms in total. The van der Waals surface area contributed by atoms with Gasteiger partial charge in [0.1, 0.15) is 11.3 Å². The third kappa shape index (κ3) is 3.19. The quantitative estimate of drug-likeness (QED) is 0.620. The Bertz CT molecular complexity index is 989. The fourth-order valence-electron chi connectivity index (χ4n) is 2.90. The van der Waals surface area contributed by atoms with Gasteiger partial charge >= 0.3 is 6.18 Å². The van der Waals surface area contributed by atoms with Crippen molar-refractivity contribution in [2.45, 2.75) is 26.4 Å². The SMILES string of the molecule is CCOc1cc2oc(C(F)(F)F)c(-c3ccccc3)c(=O)c2cc1CC. The minimum Gasteiger partial charge on any atom is -0.493 e. The molecular formula is C20H17F3O3. The first-order valence-electron chi connectivity index (χ1n) is 8.26. The largest absolute Gasteiger partial charge is 0.493 e. The van der Waals surface area contributed by atoms with E-state index in [0.717, 1.165) is 5.56 Å². The second-order valence-electron chi connectivity index (χ2n) is 5.74. The predicted molar refractivity (Wildman–Crippen MR) is 93.5 cm³/mol. The lowest BCUT2D eigenvalue weighted by atomic mass is 10.00. The van der Waals surface area contributed by atoms with Crippen LogP contribution < -0.4 is 10.2 Å². The highest BCUT2D eigenvalue weighted by molar-refractivity contribution is 5.85. The molecule has 3 aromatic rings. The van der Waals surface area contributed by atoms with Gasteiger partial charge in [-0.05, 0) is 30.5 Å². The molecule has 6 heteroatoms. The standard InChI is InChI=1S/C20H17F3O3/c1-3-12-10-14-16(11-15(12)25-4-2)26-19(20(21,22)23)17(18(14)24)13-8-6-5-7-9-13/h5-11H,3-4H2,1-2H3.